The zero-order valence-electron chi connectivity index (χ0n) is 8.24. The molecule has 1 heterocycles. The summed E-state index contributed by atoms with van der Waals surface area (Å²) >= 11 is 5.60. The molecule has 0 N–H and O–H groups in total. The van der Waals surface area contributed by atoms with Gasteiger partial charge in [0, 0.05) is 6.07 Å². The van der Waals surface area contributed by atoms with Crippen molar-refractivity contribution in [3.05, 3.63) is 23.2 Å². The van der Waals surface area contributed by atoms with Crippen LogP contribution in [0.1, 0.15) is 31.3 Å². The van der Waals surface area contributed by atoms with E-state index in [0.29, 0.717) is 0 Å². The van der Waals surface area contributed by atoms with Gasteiger partial charge in [-0.15, -0.1) is 0 Å². The van der Waals surface area contributed by atoms with Gasteiger partial charge in [-0.25, -0.2) is 14.8 Å². The zero-order valence-corrected chi connectivity index (χ0v) is 9.00. The quantitative estimate of drug-likeness (QED) is 0.531. The third-order valence-electron chi connectivity index (χ3n) is 1.24. The second kappa shape index (κ2) is 3.92. The first-order valence-electron chi connectivity index (χ1n) is 4.09. The number of aromatic nitrogens is 2. The van der Waals surface area contributed by atoms with Crippen molar-refractivity contribution in [3.63, 3.8) is 0 Å². The Kier molecular flexibility index (Phi) is 3.06. The molecular weight excluding hydrogens is 204 g/mol. The molecule has 1 aromatic heterocycles. The molecule has 76 valence electrons. The molecule has 4 nitrogen and oxygen atoms in total. The minimum Gasteiger partial charge on any atom is -0.455 e. The van der Waals surface area contributed by atoms with Crippen molar-refractivity contribution in [3.8, 4) is 0 Å². The van der Waals surface area contributed by atoms with Crippen molar-refractivity contribution in [2.75, 3.05) is 0 Å². The van der Waals surface area contributed by atoms with Crippen molar-refractivity contribution >= 4 is 17.6 Å². The van der Waals surface area contributed by atoms with Gasteiger partial charge in [0.15, 0.2) is 5.69 Å². The van der Waals surface area contributed by atoms with Crippen LogP contribution in [0.25, 0.3) is 0 Å². The lowest BCUT2D eigenvalue weighted by Crippen LogP contribution is -2.24. The molecule has 0 saturated carbocycles. The summed E-state index contributed by atoms with van der Waals surface area (Å²) in [5, 5.41) is 0.223. The number of hydrogen-bond acceptors (Lipinski definition) is 4. The average molecular weight is 215 g/mol. The summed E-state index contributed by atoms with van der Waals surface area (Å²) in [6.45, 7) is 5.36. The summed E-state index contributed by atoms with van der Waals surface area (Å²) < 4.78 is 5.09. The summed E-state index contributed by atoms with van der Waals surface area (Å²) in [6.07, 6.45) is 1.22. The molecule has 0 atom stereocenters. The molecule has 0 saturated heterocycles. The highest BCUT2D eigenvalue weighted by Crippen LogP contribution is 2.12. The Hall–Kier alpha value is -1.16. The van der Waals surface area contributed by atoms with E-state index in [0.717, 1.165) is 0 Å². The van der Waals surface area contributed by atoms with Crippen LogP contribution in [0.3, 0.4) is 0 Å². The summed E-state index contributed by atoms with van der Waals surface area (Å²) in [5.74, 6) is -0.498. The minimum atomic E-state index is -0.533. The highest BCUT2D eigenvalue weighted by Gasteiger charge is 2.18. The fourth-order valence-electron chi connectivity index (χ4n) is 0.776. The number of carbonyl (C=O) groups is 1. The molecule has 0 aromatic carbocycles. The van der Waals surface area contributed by atoms with Gasteiger partial charge in [-0.2, -0.15) is 0 Å². The van der Waals surface area contributed by atoms with Crippen LogP contribution < -0.4 is 0 Å². The number of ether oxygens (including phenoxy) is 1. The van der Waals surface area contributed by atoms with E-state index in [1.807, 2.05) is 0 Å². The van der Waals surface area contributed by atoms with Crippen LogP contribution in [0.4, 0.5) is 0 Å². The third-order valence-corrected chi connectivity index (χ3v) is 1.45. The maximum Gasteiger partial charge on any atom is 0.357 e. The smallest absolute Gasteiger partial charge is 0.357 e. The standard InChI is InChI=1S/C9H11ClN2O2/c1-9(2,3)14-8(13)6-4-7(10)12-5-11-6/h4-5H,1-3H3. The largest absolute Gasteiger partial charge is 0.455 e. The predicted octanol–water partition coefficient (Wildman–Crippen LogP) is 2.09. The molecule has 0 spiro atoms. The summed E-state index contributed by atoms with van der Waals surface area (Å²) in [6, 6.07) is 1.37. The van der Waals surface area contributed by atoms with Gasteiger partial charge in [0.25, 0.3) is 0 Å². The van der Waals surface area contributed by atoms with E-state index >= 15 is 0 Å². The molecule has 0 radical (unpaired) electrons. The lowest BCUT2D eigenvalue weighted by Gasteiger charge is -2.18. The molecular formula is C9H11ClN2O2. The molecule has 5 heteroatoms. The Labute approximate surface area is 87.3 Å². The minimum absolute atomic E-state index is 0.167. The number of rotatable bonds is 1. The fourth-order valence-corrected chi connectivity index (χ4v) is 0.923. The molecule has 0 unspecified atom stereocenters. The SMILES string of the molecule is CC(C)(C)OC(=O)c1cc(Cl)ncn1. The average Bonchev–Trinajstić information content (AvgIpc) is 2.01. The van der Waals surface area contributed by atoms with Gasteiger partial charge in [-0.3, -0.25) is 0 Å². The first-order valence-corrected chi connectivity index (χ1v) is 4.47. The van der Waals surface area contributed by atoms with Gasteiger partial charge < -0.3 is 4.74 Å². The van der Waals surface area contributed by atoms with Crippen molar-refractivity contribution < 1.29 is 9.53 Å². The van der Waals surface area contributed by atoms with E-state index in [9.17, 15) is 4.79 Å². The normalized spacial score (nSPS) is 11.1. The van der Waals surface area contributed by atoms with Gasteiger partial charge >= 0.3 is 5.97 Å². The Morgan fingerprint density at radius 1 is 1.43 bits per heavy atom. The van der Waals surface area contributed by atoms with Crippen LogP contribution >= 0.6 is 11.6 Å². The maximum absolute atomic E-state index is 11.4. The van der Waals surface area contributed by atoms with Crippen molar-refractivity contribution in [2.24, 2.45) is 0 Å². The van der Waals surface area contributed by atoms with Gasteiger partial charge in [0.2, 0.25) is 0 Å². The molecule has 14 heavy (non-hydrogen) atoms. The number of esters is 1. The van der Waals surface area contributed by atoms with Crippen LogP contribution in [0.2, 0.25) is 5.15 Å². The second-order valence-electron chi connectivity index (χ2n) is 3.73. The zero-order chi connectivity index (χ0) is 10.8. The fraction of sp³-hybridized carbons (Fsp3) is 0.444. The lowest BCUT2D eigenvalue weighted by molar-refractivity contribution is 0.00626. The van der Waals surface area contributed by atoms with Crippen LogP contribution in [0, 0.1) is 0 Å². The van der Waals surface area contributed by atoms with Crippen LogP contribution in [-0.2, 0) is 4.74 Å². The van der Waals surface area contributed by atoms with Gasteiger partial charge in [-0.05, 0) is 20.8 Å². The molecule has 1 aromatic rings. The molecule has 0 bridgehead atoms. The number of carbonyl (C=O) groups excluding carboxylic acids is 1. The molecule has 0 aliphatic heterocycles. The Balaban J connectivity index is 2.80. The molecule has 0 aliphatic carbocycles. The first kappa shape index (κ1) is 10.9. The van der Waals surface area contributed by atoms with Gasteiger partial charge in [0.05, 0.1) is 0 Å². The number of hydrogen-bond donors (Lipinski definition) is 0. The molecule has 1 rings (SSSR count). The van der Waals surface area contributed by atoms with Crippen LogP contribution in [-0.4, -0.2) is 21.5 Å². The Morgan fingerprint density at radius 2 is 2.07 bits per heavy atom. The van der Waals surface area contributed by atoms with E-state index in [1.165, 1.54) is 12.4 Å². The molecule has 0 amide bonds. The molecule has 0 aliphatic rings. The lowest BCUT2D eigenvalue weighted by atomic mass is 10.2. The van der Waals surface area contributed by atoms with Crippen molar-refractivity contribution in [2.45, 2.75) is 26.4 Å². The Bertz CT molecular complexity index is 347. The highest BCUT2D eigenvalue weighted by molar-refractivity contribution is 6.29. The maximum atomic E-state index is 11.4. The van der Waals surface area contributed by atoms with E-state index in [1.54, 1.807) is 20.8 Å². The van der Waals surface area contributed by atoms with E-state index in [2.05, 4.69) is 9.97 Å². The second-order valence-corrected chi connectivity index (χ2v) is 4.12. The highest BCUT2D eigenvalue weighted by atomic mass is 35.5. The summed E-state index contributed by atoms with van der Waals surface area (Å²) in [4.78, 5) is 18.9. The van der Waals surface area contributed by atoms with Gasteiger partial charge in [0.1, 0.15) is 17.1 Å². The third kappa shape index (κ3) is 3.30. The van der Waals surface area contributed by atoms with E-state index in [4.69, 9.17) is 16.3 Å². The van der Waals surface area contributed by atoms with Crippen LogP contribution in [0.15, 0.2) is 12.4 Å². The summed E-state index contributed by atoms with van der Waals surface area (Å²) in [7, 11) is 0. The van der Waals surface area contributed by atoms with Crippen molar-refractivity contribution in [1.29, 1.82) is 0 Å². The number of nitrogens with zero attached hydrogens (tertiary/aromatic N) is 2. The Morgan fingerprint density at radius 3 is 2.57 bits per heavy atom. The van der Waals surface area contributed by atoms with Gasteiger partial charge in [-0.1, -0.05) is 11.6 Å². The number of halogens is 1. The predicted molar refractivity (Wildman–Crippen MR) is 52.2 cm³/mol. The van der Waals surface area contributed by atoms with E-state index < -0.39 is 11.6 Å². The first-order chi connectivity index (χ1) is 6.38. The topological polar surface area (TPSA) is 52.1 Å². The van der Waals surface area contributed by atoms with Crippen molar-refractivity contribution in [1.82, 2.24) is 9.97 Å². The monoisotopic (exact) mass is 214 g/mol. The summed E-state index contributed by atoms with van der Waals surface area (Å²) in [5.41, 5.74) is -0.367. The van der Waals surface area contributed by atoms with Crippen LogP contribution in [0.5, 0.6) is 0 Å². The molecule has 0 fully saturated rings. The van der Waals surface area contributed by atoms with E-state index in [-0.39, 0.29) is 10.8 Å².